The molecule has 0 radical (unpaired) electrons. The lowest BCUT2D eigenvalue weighted by Crippen LogP contribution is -2.51. The molecule has 5 heteroatoms. The van der Waals surface area contributed by atoms with Crippen LogP contribution in [0.1, 0.15) is 48.9 Å². The number of nitrogens with one attached hydrogen (secondary N) is 1. The molecule has 1 aliphatic rings. The molecule has 1 aromatic carbocycles. The maximum absolute atomic E-state index is 12.6. The van der Waals surface area contributed by atoms with Gasteiger partial charge in [0.2, 0.25) is 0 Å². The van der Waals surface area contributed by atoms with Crippen molar-refractivity contribution in [2.75, 3.05) is 6.26 Å². The van der Waals surface area contributed by atoms with Crippen molar-refractivity contribution in [3.63, 3.8) is 0 Å². The first-order chi connectivity index (χ1) is 10.1. The van der Waals surface area contributed by atoms with Crippen LogP contribution in [-0.2, 0) is 4.79 Å². The van der Waals surface area contributed by atoms with Crippen molar-refractivity contribution in [1.82, 2.24) is 5.32 Å². The summed E-state index contributed by atoms with van der Waals surface area (Å²) in [4.78, 5) is 24.6. The molecule has 1 aromatic rings. The minimum atomic E-state index is -0.852. The Hall–Kier alpha value is -1.49. The Morgan fingerprint density at radius 3 is 2.52 bits per heavy atom. The second kappa shape index (κ2) is 6.98. The van der Waals surface area contributed by atoms with E-state index in [-0.39, 0.29) is 12.3 Å². The molecule has 2 N–H and O–H groups in total. The van der Waals surface area contributed by atoms with Gasteiger partial charge in [0.15, 0.2) is 0 Å². The van der Waals surface area contributed by atoms with E-state index in [0.29, 0.717) is 5.56 Å². The molecular weight excluding hydrogens is 286 g/mol. The highest BCUT2D eigenvalue weighted by Gasteiger charge is 2.36. The molecule has 0 heterocycles. The number of carboxylic acids is 1. The number of thioether (sulfide) groups is 1. The van der Waals surface area contributed by atoms with Gasteiger partial charge in [-0.3, -0.25) is 9.59 Å². The summed E-state index contributed by atoms with van der Waals surface area (Å²) < 4.78 is 0. The van der Waals surface area contributed by atoms with Crippen LogP contribution < -0.4 is 5.32 Å². The smallest absolute Gasteiger partial charge is 0.305 e. The normalized spacial score (nSPS) is 17.2. The Kier molecular flexibility index (Phi) is 5.28. The fourth-order valence-corrected chi connectivity index (χ4v) is 3.60. The Morgan fingerprint density at radius 2 is 1.90 bits per heavy atom. The van der Waals surface area contributed by atoms with Gasteiger partial charge in [-0.25, -0.2) is 0 Å². The fourth-order valence-electron chi connectivity index (χ4n) is 3.00. The Balaban J connectivity index is 2.19. The van der Waals surface area contributed by atoms with Gasteiger partial charge < -0.3 is 10.4 Å². The number of carbonyl (C=O) groups is 2. The maximum atomic E-state index is 12.6. The molecule has 0 aliphatic heterocycles. The van der Waals surface area contributed by atoms with E-state index in [1.165, 1.54) is 11.8 Å². The predicted octanol–water partition coefficient (Wildman–Crippen LogP) is 3.32. The molecule has 4 nitrogen and oxygen atoms in total. The lowest BCUT2D eigenvalue weighted by molar-refractivity contribution is -0.139. The van der Waals surface area contributed by atoms with Gasteiger partial charge in [0, 0.05) is 4.90 Å². The van der Waals surface area contributed by atoms with Gasteiger partial charge in [-0.05, 0) is 31.2 Å². The fraction of sp³-hybridized carbons (Fsp3) is 0.500. The van der Waals surface area contributed by atoms with E-state index < -0.39 is 11.5 Å². The standard InChI is InChI=1S/C16H21NO3S/c1-21-13-8-4-3-7-12(13)15(20)17-16(11-14(18)19)9-5-2-6-10-16/h3-4,7-8H,2,5-6,9-11H2,1H3,(H,17,20)(H,18,19). The Labute approximate surface area is 129 Å². The minimum absolute atomic E-state index is 0.000173. The third-order valence-corrected chi connectivity index (χ3v) is 4.83. The average Bonchev–Trinajstić information content (AvgIpc) is 2.47. The van der Waals surface area contributed by atoms with Crippen LogP contribution in [0.2, 0.25) is 0 Å². The van der Waals surface area contributed by atoms with Crippen molar-refractivity contribution in [2.45, 2.75) is 49.0 Å². The summed E-state index contributed by atoms with van der Waals surface area (Å²) in [6.45, 7) is 0. The summed E-state index contributed by atoms with van der Waals surface area (Å²) in [5.74, 6) is -1.02. The Bertz CT molecular complexity index is 524. The molecule has 0 bridgehead atoms. The third-order valence-electron chi connectivity index (χ3n) is 4.03. The van der Waals surface area contributed by atoms with Gasteiger partial charge in [-0.2, -0.15) is 0 Å². The average molecular weight is 307 g/mol. The van der Waals surface area contributed by atoms with Gasteiger partial charge in [-0.1, -0.05) is 31.4 Å². The summed E-state index contributed by atoms with van der Waals surface area (Å²) in [6, 6.07) is 7.43. The highest BCUT2D eigenvalue weighted by atomic mass is 32.2. The van der Waals surface area contributed by atoms with Crippen molar-refractivity contribution in [3.05, 3.63) is 29.8 Å². The number of aliphatic carboxylic acids is 1. The molecule has 1 fully saturated rings. The van der Waals surface area contributed by atoms with Crippen LogP contribution in [0.25, 0.3) is 0 Å². The highest BCUT2D eigenvalue weighted by Crippen LogP contribution is 2.32. The van der Waals surface area contributed by atoms with Crippen LogP contribution >= 0.6 is 11.8 Å². The lowest BCUT2D eigenvalue weighted by Gasteiger charge is -2.37. The zero-order valence-electron chi connectivity index (χ0n) is 12.2. The molecule has 0 atom stereocenters. The van der Waals surface area contributed by atoms with E-state index in [4.69, 9.17) is 5.11 Å². The van der Waals surface area contributed by atoms with Crippen molar-refractivity contribution in [3.8, 4) is 0 Å². The van der Waals surface area contributed by atoms with Gasteiger partial charge in [0.05, 0.1) is 17.5 Å². The molecule has 0 spiro atoms. The first-order valence-corrected chi connectivity index (χ1v) is 8.46. The summed E-state index contributed by atoms with van der Waals surface area (Å²) in [5.41, 5.74) is 0.0347. The van der Waals surface area contributed by atoms with E-state index in [9.17, 15) is 9.59 Å². The number of carboxylic acid groups (broad SMARTS) is 1. The summed E-state index contributed by atoms with van der Waals surface area (Å²) in [5, 5.41) is 12.2. The Morgan fingerprint density at radius 1 is 1.24 bits per heavy atom. The number of hydrogen-bond donors (Lipinski definition) is 2. The predicted molar refractivity (Wildman–Crippen MR) is 83.8 cm³/mol. The van der Waals surface area contributed by atoms with E-state index >= 15 is 0 Å². The first kappa shape index (κ1) is 15.9. The van der Waals surface area contributed by atoms with Crippen LogP contribution in [0.15, 0.2) is 29.2 Å². The summed E-state index contributed by atoms with van der Waals surface area (Å²) in [6.07, 6.45) is 6.47. The number of rotatable bonds is 5. The topological polar surface area (TPSA) is 66.4 Å². The van der Waals surface area contributed by atoms with Gasteiger partial charge >= 0.3 is 5.97 Å². The quantitative estimate of drug-likeness (QED) is 0.819. The number of amides is 1. The van der Waals surface area contributed by atoms with Crippen molar-refractivity contribution < 1.29 is 14.7 Å². The number of hydrogen-bond acceptors (Lipinski definition) is 3. The van der Waals surface area contributed by atoms with Gasteiger partial charge in [0.1, 0.15) is 0 Å². The monoisotopic (exact) mass is 307 g/mol. The molecule has 114 valence electrons. The maximum Gasteiger partial charge on any atom is 0.305 e. The van der Waals surface area contributed by atoms with E-state index in [0.717, 1.165) is 37.0 Å². The largest absolute Gasteiger partial charge is 0.481 e. The molecule has 1 amide bonds. The van der Waals surface area contributed by atoms with E-state index in [2.05, 4.69) is 5.32 Å². The van der Waals surface area contributed by atoms with Crippen LogP contribution in [0.4, 0.5) is 0 Å². The summed E-state index contributed by atoms with van der Waals surface area (Å²) >= 11 is 1.52. The van der Waals surface area contributed by atoms with Crippen molar-refractivity contribution in [2.24, 2.45) is 0 Å². The second-order valence-electron chi connectivity index (χ2n) is 5.57. The van der Waals surface area contributed by atoms with Crippen LogP contribution in [0.3, 0.4) is 0 Å². The summed E-state index contributed by atoms with van der Waals surface area (Å²) in [7, 11) is 0. The SMILES string of the molecule is CSc1ccccc1C(=O)NC1(CC(=O)O)CCCCC1. The molecule has 21 heavy (non-hydrogen) atoms. The molecule has 1 aliphatic carbocycles. The lowest BCUT2D eigenvalue weighted by atomic mass is 9.79. The van der Waals surface area contributed by atoms with Crippen molar-refractivity contribution in [1.29, 1.82) is 0 Å². The van der Waals surface area contributed by atoms with Crippen LogP contribution in [0, 0.1) is 0 Å². The van der Waals surface area contributed by atoms with Gasteiger partial charge in [0.25, 0.3) is 5.91 Å². The zero-order valence-corrected chi connectivity index (χ0v) is 13.0. The third kappa shape index (κ3) is 4.00. The number of benzene rings is 1. The second-order valence-corrected chi connectivity index (χ2v) is 6.41. The van der Waals surface area contributed by atoms with E-state index in [1.807, 2.05) is 24.5 Å². The number of carbonyl (C=O) groups excluding carboxylic acids is 1. The molecule has 0 unspecified atom stereocenters. The molecule has 0 saturated heterocycles. The van der Waals surface area contributed by atoms with Crippen LogP contribution in [0.5, 0.6) is 0 Å². The van der Waals surface area contributed by atoms with Gasteiger partial charge in [-0.15, -0.1) is 11.8 Å². The first-order valence-electron chi connectivity index (χ1n) is 7.24. The molecule has 1 saturated carbocycles. The molecular formula is C16H21NO3S. The molecule has 0 aromatic heterocycles. The minimum Gasteiger partial charge on any atom is -0.481 e. The molecule has 2 rings (SSSR count). The highest BCUT2D eigenvalue weighted by molar-refractivity contribution is 7.98. The van der Waals surface area contributed by atoms with Crippen molar-refractivity contribution >= 4 is 23.6 Å². The van der Waals surface area contributed by atoms with E-state index in [1.54, 1.807) is 6.07 Å². The zero-order chi connectivity index (χ0) is 15.3. The van der Waals surface area contributed by atoms with Crippen LogP contribution in [-0.4, -0.2) is 28.8 Å².